The average molecular weight is 247 g/mol. The van der Waals surface area contributed by atoms with E-state index in [0.29, 0.717) is 12.6 Å². The lowest BCUT2D eigenvalue weighted by Gasteiger charge is -2.43. The van der Waals surface area contributed by atoms with Crippen molar-refractivity contribution < 1.29 is 0 Å². The molecule has 1 aromatic rings. The van der Waals surface area contributed by atoms with Crippen molar-refractivity contribution in [2.24, 2.45) is 5.73 Å². The number of piperidine rings is 1. The number of rotatable bonds is 4. The molecule has 3 N–H and O–H groups in total. The first-order valence-corrected chi connectivity index (χ1v) is 6.92. The first-order chi connectivity index (χ1) is 8.65. The predicted octanol–water partition coefficient (Wildman–Crippen LogP) is 2.30. The molecule has 0 aliphatic carbocycles. The van der Waals surface area contributed by atoms with Crippen LogP contribution in [0, 0.1) is 0 Å². The van der Waals surface area contributed by atoms with E-state index < -0.39 is 0 Å². The number of likely N-dealkylation sites (tertiary alicyclic amines) is 1. The minimum absolute atomic E-state index is 0.0761. The van der Waals surface area contributed by atoms with Gasteiger partial charge >= 0.3 is 0 Å². The topological polar surface area (TPSA) is 41.3 Å². The summed E-state index contributed by atoms with van der Waals surface area (Å²) < 4.78 is 0. The van der Waals surface area contributed by atoms with E-state index in [2.05, 4.69) is 48.3 Å². The fourth-order valence-corrected chi connectivity index (χ4v) is 2.68. The van der Waals surface area contributed by atoms with Crippen LogP contribution in [0.4, 0.5) is 5.69 Å². The molecule has 0 saturated carbocycles. The Balaban J connectivity index is 2.00. The highest BCUT2D eigenvalue weighted by molar-refractivity contribution is 5.45. The van der Waals surface area contributed by atoms with Crippen molar-refractivity contribution in [3.05, 3.63) is 30.3 Å². The van der Waals surface area contributed by atoms with E-state index in [1.807, 2.05) is 6.07 Å². The highest BCUT2D eigenvalue weighted by atomic mass is 15.2. The summed E-state index contributed by atoms with van der Waals surface area (Å²) in [5, 5.41) is 3.65. The van der Waals surface area contributed by atoms with Gasteiger partial charge in [-0.05, 0) is 38.8 Å². The summed E-state index contributed by atoms with van der Waals surface area (Å²) in [7, 11) is 0. The van der Waals surface area contributed by atoms with E-state index >= 15 is 0 Å². The molecule has 0 unspecified atom stereocenters. The van der Waals surface area contributed by atoms with Gasteiger partial charge in [0.05, 0.1) is 5.54 Å². The Labute approximate surface area is 110 Å². The maximum atomic E-state index is 6.03. The lowest BCUT2D eigenvalue weighted by Crippen LogP contribution is -2.54. The molecule has 18 heavy (non-hydrogen) atoms. The van der Waals surface area contributed by atoms with Gasteiger partial charge in [-0.15, -0.1) is 0 Å². The van der Waals surface area contributed by atoms with Crippen LogP contribution in [0.15, 0.2) is 30.3 Å². The molecule has 1 aliphatic rings. The molecule has 3 nitrogen and oxygen atoms in total. The Morgan fingerprint density at radius 1 is 1.22 bits per heavy atom. The summed E-state index contributed by atoms with van der Waals surface area (Å²) >= 11 is 0. The summed E-state index contributed by atoms with van der Waals surface area (Å²) in [6, 6.07) is 11.0. The van der Waals surface area contributed by atoms with Crippen molar-refractivity contribution in [2.45, 2.75) is 38.3 Å². The molecule has 1 aliphatic heterocycles. The van der Waals surface area contributed by atoms with Crippen LogP contribution < -0.4 is 11.1 Å². The Bertz CT molecular complexity index is 353. The molecule has 2 rings (SSSR count). The van der Waals surface area contributed by atoms with Gasteiger partial charge in [0.1, 0.15) is 0 Å². The molecular formula is C15H25N3. The predicted molar refractivity (Wildman–Crippen MR) is 77.8 cm³/mol. The van der Waals surface area contributed by atoms with E-state index in [1.54, 1.807) is 0 Å². The first kappa shape index (κ1) is 13.4. The SMILES string of the molecule is CC(C)N1CCC(CN)(Nc2ccccc2)CC1. The largest absolute Gasteiger partial charge is 0.378 e. The lowest BCUT2D eigenvalue weighted by molar-refractivity contribution is 0.144. The van der Waals surface area contributed by atoms with Crippen LogP contribution in [0.2, 0.25) is 0 Å². The number of hydrogen-bond acceptors (Lipinski definition) is 3. The molecule has 3 heteroatoms. The fraction of sp³-hybridized carbons (Fsp3) is 0.600. The smallest absolute Gasteiger partial charge is 0.0520 e. The number of nitrogens with two attached hydrogens (primary N) is 1. The number of hydrogen-bond donors (Lipinski definition) is 2. The standard InChI is InChI=1S/C15H25N3/c1-13(2)18-10-8-15(12-16,9-11-18)17-14-6-4-3-5-7-14/h3-7,13,17H,8-12,16H2,1-2H3. The zero-order valence-electron chi connectivity index (χ0n) is 11.5. The highest BCUT2D eigenvalue weighted by Crippen LogP contribution is 2.27. The average Bonchev–Trinajstić information content (AvgIpc) is 2.40. The van der Waals surface area contributed by atoms with Crippen molar-refractivity contribution >= 4 is 5.69 Å². The number of nitrogens with zero attached hydrogens (tertiary/aromatic N) is 1. The quantitative estimate of drug-likeness (QED) is 0.858. The maximum absolute atomic E-state index is 6.03. The Kier molecular flexibility index (Phi) is 4.25. The highest BCUT2D eigenvalue weighted by Gasteiger charge is 2.33. The second-order valence-electron chi connectivity index (χ2n) is 5.61. The monoisotopic (exact) mass is 247 g/mol. The van der Waals surface area contributed by atoms with Gasteiger partial charge in [0.15, 0.2) is 0 Å². The molecule has 0 radical (unpaired) electrons. The number of anilines is 1. The molecule has 1 aromatic carbocycles. The zero-order chi connectivity index (χ0) is 13.0. The molecule has 0 bridgehead atoms. The molecule has 100 valence electrons. The number of para-hydroxylation sites is 1. The molecular weight excluding hydrogens is 222 g/mol. The molecule has 1 saturated heterocycles. The van der Waals surface area contributed by atoms with Crippen LogP contribution in [0.25, 0.3) is 0 Å². The van der Waals surface area contributed by atoms with Crippen molar-refractivity contribution in [1.29, 1.82) is 0 Å². The van der Waals surface area contributed by atoms with Gasteiger partial charge in [-0.3, -0.25) is 0 Å². The van der Waals surface area contributed by atoms with Crippen LogP contribution in [0.3, 0.4) is 0 Å². The van der Waals surface area contributed by atoms with Gasteiger partial charge in [-0.25, -0.2) is 0 Å². The van der Waals surface area contributed by atoms with Crippen molar-refractivity contribution in [3.8, 4) is 0 Å². The second kappa shape index (κ2) is 5.72. The Morgan fingerprint density at radius 2 is 1.83 bits per heavy atom. The van der Waals surface area contributed by atoms with Gasteiger partial charge in [0.25, 0.3) is 0 Å². The van der Waals surface area contributed by atoms with Crippen LogP contribution in [-0.2, 0) is 0 Å². The molecule has 1 fully saturated rings. The van der Waals surface area contributed by atoms with Gasteiger partial charge in [-0.2, -0.15) is 0 Å². The van der Waals surface area contributed by atoms with Crippen molar-refractivity contribution in [3.63, 3.8) is 0 Å². The van der Waals surface area contributed by atoms with E-state index in [0.717, 1.165) is 25.9 Å². The summed E-state index contributed by atoms with van der Waals surface area (Å²) in [5.41, 5.74) is 7.28. The fourth-order valence-electron chi connectivity index (χ4n) is 2.68. The van der Waals surface area contributed by atoms with Crippen LogP contribution in [0.5, 0.6) is 0 Å². The third-order valence-corrected chi connectivity index (χ3v) is 4.06. The van der Waals surface area contributed by atoms with Gasteiger partial charge in [0, 0.05) is 31.4 Å². The maximum Gasteiger partial charge on any atom is 0.0520 e. The lowest BCUT2D eigenvalue weighted by atomic mass is 9.86. The molecule has 0 aromatic heterocycles. The minimum atomic E-state index is 0.0761. The Morgan fingerprint density at radius 3 is 2.33 bits per heavy atom. The van der Waals surface area contributed by atoms with E-state index in [-0.39, 0.29) is 5.54 Å². The normalized spacial score (nSPS) is 20.0. The van der Waals surface area contributed by atoms with E-state index in [1.165, 1.54) is 5.69 Å². The van der Waals surface area contributed by atoms with Crippen molar-refractivity contribution in [2.75, 3.05) is 25.0 Å². The molecule has 0 spiro atoms. The number of benzene rings is 1. The summed E-state index contributed by atoms with van der Waals surface area (Å²) in [6.07, 6.45) is 2.24. The molecule has 1 heterocycles. The van der Waals surface area contributed by atoms with Gasteiger partial charge in [0.2, 0.25) is 0 Å². The minimum Gasteiger partial charge on any atom is -0.378 e. The zero-order valence-corrected chi connectivity index (χ0v) is 11.5. The second-order valence-corrected chi connectivity index (χ2v) is 5.61. The van der Waals surface area contributed by atoms with E-state index in [9.17, 15) is 0 Å². The third-order valence-electron chi connectivity index (χ3n) is 4.06. The van der Waals surface area contributed by atoms with Crippen molar-refractivity contribution in [1.82, 2.24) is 4.90 Å². The molecule has 0 amide bonds. The summed E-state index contributed by atoms with van der Waals surface area (Å²) in [6.45, 7) is 7.50. The van der Waals surface area contributed by atoms with Gasteiger partial charge < -0.3 is 16.0 Å². The van der Waals surface area contributed by atoms with E-state index in [4.69, 9.17) is 5.73 Å². The number of nitrogens with one attached hydrogen (secondary N) is 1. The molecule has 0 atom stereocenters. The van der Waals surface area contributed by atoms with Crippen LogP contribution in [0.1, 0.15) is 26.7 Å². The van der Waals surface area contributed by atoms with Crippen LogP contribution >= 0.6 is 0 Å². The summed E-state index contributed by atoms with van der Waals surface area (Å²) in [4.78, 5) is 2.53. The Hall–Kier alpha value is -1.06. The third kappa shape index (κ3) is 3.03. The van der Waals surface area contributed by atoms with Gasteiger partial charge in [-0.1, -0.05) is 18.2 Å². The first-order valence-electron chi connectivity index (χ1n) is 6.92. The van der Waals surface area contributed by atoms with Crippen LogP contribution in [-0.4, -0.2) is 36.1 Å². The summed E-state index contributed by atoms with van der Waals surface area (Å²) in [5.74, 6) is 0.